The normalized spacial score (nSPS) is 11.1. The van der Waals surface area contributed by atoms with Gasteiger partial charge in [0.05, 0.1) is 24.1 Å². The van der Waals surface area contributed by atoms with Crippen LogP contribution in [0.5, 0.6) is 0 Å². The third-order valence-electron chi connectivity index (χ3n) is 2.00. The fourth-order valence-corrected chi connectivity index (χ4v) is 2.80. The maximum absolute atomic E-state index is 11.6. The van der Waals surface area contributed by atoms with Crippen LogP contribution in [0.3, 0.4) is 0 Å². The van der Waals surface area contributed by atoms with Gasteiger partial charge in [-0.25, -0.2) is 13.2 Å². The molecule has 0 spiro atoms. The van der Waals surface area contributed by atoms with Crippen LogP contribution in [-0.2, 0) is 14.8 Å². The highest BCUT2D eigenvalue weighted by atomic mass is 35.5. The van der Waals surface area contributed by atoms with Crippen molar-refractivity contribution in [1.82, 2.24) is 0 Å². The molecule has 0 aromatic heterocycles. The molecule has 0 unspecified atom stereocenters. The number of benzene rings is 1. The van der Waals surface area contributed by atoms with Gasteiger partial charge in [-0.05, 0) is 18.2 Å². The standard InChI is InChI=1S/C10H11Cl2NO4S/c1-17-10(14)8-6-7(12)2-3-9(8)13-18(15,16)5-4-11/h2-3,6,13H,4-5H2,1H3. The summed E-state index contributed by atoms with van der Waals surface area (Å²) in [6.45, 7) is 0. The summed E-state index contributed by atoms with van der Waals surface area (Å²) in [7, 11) is -2.40. The molecule has 0 fully saturated rings. The molecule has 8 heteroatoms. The van der Waals surface area contributed by atoms with Crippen LogP contribution in [0.25, 0.3) is 0 Å². The molecule has 0 aliphatic heterocycles. The second kappa shape index (κ2) is 6.26. The zero-order valence-electron chi connectivity index (χ0n) is 9.44. The zero-order chi connectivity index (χ0) is 13.8. The van der Waals surface area contributed by atoms with Crippen LogP contribution in [0.4, 0.5) is 5.69 Å². The molecular weight excluding hydrogens is 301 g/mol. The topological polar surface area (TPSA) is 72.5 Å². The highest BCUT2D eigenvalue weighted by Gasteiger charge is 2.17. The molecule has 0 saturated heterocycles. The first kappa shape index (κ1) is 15.1. The monoisotopic (exact) mass is 311 g/mol. The van der Waals surface area contributed by atoms with E-state index in [2.05, 4.69) is 9.46 Å². The smallest absolute Gasteiger partial charge is 0.340 e. The number of halogens is 2. The van der Waals surface area contributed by atoms with E-state index in [4.69, 9.17) is 23.2 Å². The molecule has 0 bridgehead atoms. The Morgan fingerprint density at radius 2 is 2.11 bits per heavy atom. The van der Waals surface area contributed by atoms with Gasteiger partial charge in [-0.2, -0.15) is 0 Å². The number of esters is 1. The predicted octanol–water partition coefficient (Wildman–Crippen LogP) is 2.11. The SMILES string of the molecule is COC(=O)c1cc(Cl)ccc1NS(=O)(=O)CCCl. The molecule has 18 heavy (non-hydrogen) atoms. The number of anilines is 1. The van der Waals surface area contributed by atoms with Gasteiger partial charge in [0.1, 0.15) is 0 Å². The van der Waals surface area contributed by atoms with Crippen molar-refractivity contribution >= 4 is 44.9 Å². The fraction of sp³-hybridized carbons (Fsp3) is 0.300. The van der Waals surface area contributed by atoms with E-state index >= 15 is 0 Å². The van der Waals surface area contributed by atoms with Gasteiger partial charge >= 0.3 is 5.97 Å². The number of nitrogens with one attached hydrogen (secondary N) is 1. The first-order valence-corrected chi connectivity index (χ1v) is 7.40. The van der Waals surface area contributed by atoms with Crippen molar-refractivity contribution in [2.75, 3.05) is 23.5 Å². The lowest BCUT2D eigenvalue weighted by atomic mass is 10.2. The van der Waals surface area contributed by atoms with Gasteiger partial charge in [-0.15, -0.1) is 11.6 Å². The molecule has 100 valence electrons. The van der Waals surface area contributed by atoms with E-state index in [9.17, 15) is 13.2 Å². The van der Waals surface area contributed by atoms with E-state index < -0.39 is 16.0 Å². The summed E-state index contributed by atoms with van der Waals surface area (Å²) in [4.78, 5) is 11.5. The van der Waals surface area contributed by atoms with Crippen LogP contribution in [0.1, 0.15) is 10.4 Å². The van der Waals surface area contributed by atoms with Crippen LogP contribution in [0.15, 0.2) is 18.2 Å². The lowest BCUT2D eigenvalue weighted by Crippen LogP contribution is -2.19. The number of methoxy groups -OCH3 is 1. The average molecular weight is 312 g/mol. The Balaban J connectivity index is 3.13. The van der Waals surface area contributed by atoms with Crippen LogP contribution in [-0.4, -0.2) is 33.1 Å². The molecule has 0 aliphatic carbocycles. The molecule has 0 heterocycles. The highest BCUT2D eigenvalue weighted by molar-refractivity contribution is 7.92. The van der Waals surface area contributed by atoms with E-state index in [0.29, 0.717) is 5.02 Å². The maximum Gasteiger partial charge on any atom is 0.340 e. The van der Waals surface area contributed by atoms with Crippen molar-refractivity contribution in [3.8, 4) is 0 Å². The van der Waals surface area contributed by atoms with Gasteiger partial charge in [-0.1, -0.05) is 11.6 Å². The van der Waals surface area contributed by atoms with Gasteiger partial charge in [0, 0.05) is 10.9 Å². The number of alkyl halides is 1. The van der Waals surface area contributed by atoms with Gasteiger partial charge in [0.25, 0.3) is 0 Å². The van der Waals surface area contributed by atoms with Crippen LogP contribution >= 0.6 is 23.2 Å². The van der Waals surface area contributed by atoms with Gasteiger partial charge in [-0.3, -0.25) is 4.72 Å². The second-order valence-corrected chi connectivity index (χ2v) is 5.95. The molecule has 1 rings (SSSR count). The summed E-state index contributed by atoms with van der Waals surface area (Å²) in [6, 6.07) is 4.18. The third-order valence-corrected chi connectivity index (χ3v) is 3.92. The number of rotatable bonds is 5. The van der Waals surface area contributed by atoms with Crippen LogP contribution < -0.4 is 4.72 Å². The number of sulfonamides is 1. The largest absolute Gasteiger partial charge is 0.465 e. The Morgan fingerprint density at radius 1 is 1.44 bits per heavy atom. The molecule has 0 amide bonds. The van der Waals surface area contributed by atoms with Crippen LogP contribution in [0.2, 0.25) is 5.02 Å². The zero-order valence-corrected chi connectivity index (χ0v) is 11.8. The number of carbonyl (C=O) groups excluding carboxylic acids is 1. The van der Waals surface area contributed by atoms with Gasteiger partial charge < -0.3 is 4.74 Å². The van der Waals surface area contributed by atoms with Crippen molar-refractivity contribution in [2.45, 2.75) is 0 Å². The molecule has 0 atom stereocenters. The highest BCUT2D eigenvalue weighted by Crippen LogP contribution is 2.22. The van der Waals surface area contributed by atoms with Crippen molar-refractivity contribution in [3.63, 3.8) is 0 Å². The molecule has 1 aromatic rings. The predicted molar refractivity (Wildman–Crippen MR) is 70.9 cm³/mol. The van der Waals surface area contributed by atoms with Gasteiger partial charge in [0.2, 0.25) is 10.0 Å². The Labute approximate surface area is 115 Å². The van der Waals surface area contributed by atoms with E-state index in [-0.39, 0.29) is 22.9 Å². The van der Waals surface area contributed by atoms with Gasteiger partial charge in [0.15, 0.2) is 0 Å². The minimum absolute atomic E-state index is 0.0446. The quantitative estimate of drug-likeness (QED) is 0.667. The number of ether oxygens (including phenoxy) is 1. The summed E-state index contributed by atoms with van der Waals surface area (Å²) < 4.78 is 29.9. The molecule has 0 saturated carbocycles. The first-order chi connectivity index (χ1) is 8.39. The summed E-state index contributed by atoms with van der Waals surface area (Å²) in [5.74, 6) is -0.977. The first-order valence-electron chi connectivity index (χ1n) is 4.84. The van der Waals surface area contributed by atoms with E-state index in [1.807, 2.05) is 0 Å². The van der Waals surface area contributed by atoms with E-state index in [1.165, 1.54) is 25.3 Å². The summed E-state index contributed by atoms with van der Waals surface area (Å²) in [5.41, 5.74) is 0.152. The lowest BCUT2D eigenvalue weighted by Gasteiger charge is -2.11. The summed E-state index contributed by atoms with van der Waals surface area (Å²) in [6.07, 6.45) is 0. The van der Waals surface area contributed by atoms with Crippen molar-refractivity contribution in [2.24, 2.45) is 0 Å². The summed E-state index contributed by atoms with van der Waals surface area (Å²) >= 11 is 11.1. The fourth-order valence-electron chi connectivity index (χ4n) is 1.20. The number of hydrogen-bond acceptors (Lipinski definition) is 4. The molecule has 1 aromatic carbocycles. The Bertz CT molecular complexity index is 545. The second-order valence-electron chi connectivity index (χ2n) is 3.29. The summed E-state index contributed by atoms with van der Waals surface area (Å²) in [5, 5.41) is 0.302. The Hall–Kier alpha value is -0.980. The number of hydrogen-bond donors (Lipinski definition) is 1. The number of carbonyl (C=O) groups is 1. The van der Waals surface area contributed by atoms with Crippen molar-refractivity contribution in [1.29, 1.82) is 0 Å². The average Bonchev–Trinajstić information content (AvgIpc) is 2.30. The molecule has 0 radical (unpaired) electrons. The molecule has 1 N–H and O–H groups in total. The minimum Gasteiger partial charge on any atom is -0.465 e. The lowest BCUT2D eigenvalue weighted by molar-refractivity contribution is 0.0602. The van der Waals surface area contributed by atoms with E-state index in [1.54, 1.807) is 0 Å². The molecular formula is C10H11Cl2NO4S. The Kier molecular flexibility index (Phi) is 5.25. The van der Waals surface area contributed by atoms with E-state index in [0.717, 1.165) is 0 Å². The maximum atomic E-state index is 11.6. The van der Waals surface area contributed by atoms with Crippen LogP contribution in [0, 0.1) is 0 Å². The third kappa shape index (κ3) is 4.04. The van der Waals surface area contributed by atoms with Crippen molar-refractivity contribution in [3.05, 3.63) is 28.8 Å². The molecule has 0 aliphatic rings. The molecule has 5 nitrogen and oxygen atoms in total. The minimum atomic E-state index is -3.59. The van der Waals surface area contributed by atoms with Crippen molar-refractivity contribution < 1.29 is 17.9 Å². The Morgan fingerprint density at radius 3 is 2.67 bits per heavy atom.